The first-order chi connectivity index (χ1) is 14.6. The highest BCUT2D eigenvalue weighted by Gasteiger charge is 2.30. The molecule has 3 aromatic heterocycles. The molecule has 4 aromatic rings. The Morgan fingerprint density at radius 1 is 1.10 bits per heavy atom. The summed E-state index contributed by atoms with van der Waals surface area (Å²) in [4.78, 5) is 16.7. The van der Waals surface area contributed by atoms with Gasteiger partial charge in [-0.2, -0.15) is 5.10 Å². The van der Waals surface area contributed by atoms with Crippen molar-refractivity contribution < 1.29 is 4.79 Å². The number of carbonyl (C=O) groups excluding carboxylic acids is 1. The Morgan fingerprint density at radius 2 is 1.87 bits per heavy atom. The molecule has 0 spiro atoms. The second-order valence-electron chi connectivity index (χ2n) is 7.44. The zero-order valence-electron chi connectivity index (χ0n) is 16.8. The molecule has 1 aliphatic carbocycles. The minimum absolute atomic E-state index is 0.00799. The SMILES string of the molecule is CNc1ncc(-c2ccc(-c3ccnn3C)cc2)c2cc(NC(=O)C3CC3)nnc12. The van der Waals surface area contributed by atoms with E-state index in [0.29, 0.717) is 17.2 Å². The highest BCUT2D eigenvalue weighted by molar-refractivity contribution is 6.02. The van der Waals surface area contributed by atoms with Gasteiger partial charge in [-0.1, -0.05) is 24.3 Å². The second-order valence-corrected chi connectivity index (χ2v) is 7.44. The molecule has 0 unspecified atom stereocenters. The van der Waals surface area contributed by atoms with Crippen LogP contribution in [0.1, 0.15) is 12.8 Å². The highest BCUT2D eigenvalue weighted by Crippen LogP contribution is 2.34. The lowest BCUT2D eigenvalue weighted by Crippen LogP contribution is -2.14. The normalized spacial score (nSPS) is 13.4. The Balaban J connectivity index is 1.57. The lowest BCUT2D eigenvalue weighted by molar-refractivity contribution is -0.117. The van der Waals surface area contributed by atoms with Crippen molar-refractivity contribution in [2.45, 2.75) is 12.8 Å². The summed E-state index contributed by atoms with van der Waals surface area (Å²) < 4.78 is 1.85. The van der Waals surface area contributed by atoms with E-state index >= 15 is 0 Å². The van der Waals surface area contributed by atoms with E-state index in [1.807, 2.05) is 30.1 Å². The van der Waals surface area contributed by atoms with E-state index in [4.69, 9.17) is 0 Å². The number of aryl methyl sites for hydroxylation is 1. The first-order valence-corrected chi connectivity index (χ1v) is 9.88. The van der Waals surface area contributed by atoms with Crippen LogP contribution in [0.2, 0.25) is 0 Å². The number of hydrogen-bond acceptors (Lipinski definition) is 6. The van der Waals surface area contributed by atoms with Gasteiger partial charge in [-0.25, -0.2) is 4.98 Å². The predicted octanol–water partition coefficient (Wildman–Crippen LogP) is 3.48. The van der Waals surface area contributed by atoms with Crippen LogP contribution in [0.5, 0.6) is 0 Å². The summed E-state index contributed by atoms with van der Waals surface area (Å²) in [5.41, 5.74) is 4.73. The third-order valence-corrected chi connectivity index (χ3v) is 5.38. The lowest BCUT2D eigenvalue weighted by atomic mass is 10.0. The second kappa shape index (κ2) is 7.22. The molecule has 150 valence electrons. The standard InChI is InChI=1S/C22H21N7O/c1-23-21-20-16(11-19(27-28-20)26-22(30)15-7-8-15)17(12-24-21)13-3-5-14(6-4-13)18-9-10-25-29(18)2/h3-6,9-12,15H,7-8H2,1-2H3,(H,23,24)(H,26,27,30). The predicted molar refractivity (Wildman–Crippen MR) is 116 cm³/mol. The fourth-order valence-electron chi connectivity index (χ4n) is 3.56. The maximum absolute atomic E-state index is 12.2. The third-order valence-electron chi connectivity index (χ3n) is 5.38. The summed E-state index contributed by atoms with van der Waals surface area (Å²) in [5.74, 6) is 1.22. The number of pyridine rings is 1. The summed E-state index contributed by atoms with van der Waals surface area (Å²) >= 11 is 0. The maximum Gasteiger partial charge on any atom is 0.228 e. The van der Waals surface area contributed by atoms with Crippen molar-refractivity contribution >= 4 is 28.4 Å². The van der Waals surface area contributed by atoms with Crippen LogP contribution < -0.4 is 10.6 Å². The Morgan fingerprint density at radius 3 is 2.53 bits per heavy atom. The summed E-state index contributed by atoms with van der Waals surface area (Å²) in [6.45, 7) is 0. The van der Waals surface area contributed by atoms with Gasteiger partial charge >= 0.3 is 0 Å². The molecule has 1 aromatic carbocycles. The van der Waals surface area contributed by atoms with Gasteiger partial charge in [-0.05, 0) is 36.1 Å². The monoisotopic (exact) mass is 399 g/mol. The van der Waals surface area contributed by atoms with Gasteiger partial charge in [-0.15, -0.1) is 10.2 Å². The van der Waals surface area contributed by atoms with E-state index in [1.54, 1.807) is 13.2 Å². The Bertz CT molecular complexity index is 1240. The van der Waals surface area contributed by atoms with Gasteiger partial charge in [0.2, 0.25) is 5.91 Å². The summed E-state index contributed by atoms with van der Waals surface area (Å²) in [5, 5.41) is 19.6. The molecule has 0 saturated heterocycles. The van der Waals surface area contributed by atoms with E-state index in [2.05, 4.69) is 55.2 Å². The van der Waals surface area contributed by atoms with E-state index in [-0.39, 0.29) is 11.8 Å². The minimum Gasteiger partial charge on any atom is -0.371 e. The van der Waals surface area contributed by atoms with Crippen molar-refractivity contribution in [3.05, 3.63) is 48.8 Å². The van der Waals surface area contributed by atoms with Gasteiger partial charge in [0.1, 0.15) is 5.52 Å². The summed E-state index contributed by atoms with van der Waals surface area (Å²) in [6.07, 6.45) is 5.48. The third kappa shape index (κ3) is 3.26. The van der Waals surface area contributed by atoms with Crippen molar-refractivity contribution in [3.63, 3.8) is 0 Å². The van der Waals surface area contributed by atoms with E-state index in [9.17, 15) is 4.79 Å². The average molecular weight is 399 g/mol. The van der Waals surface area contributed by atoms with Crippen LogP contribution in [0.4, 0.5) is 11.6 Å². The van der Waals surface area contributed by atoms with Gasteiger partial charge in [-0.3, -0.25) is 9.48 Å². The summed E-state index contributed by atoms with van der Waals surface area (Å²) in [7, 11) is 3.72. The molecule has 1 fully saturated rings. The molecular formula is C22H21N7O. The largest absolute Gasteiger partial charge is 0.371 e. The topological polar surface area (TPSA) is 97.6 Å². The molecule has 0 bridgehead atoms. The number of anilines is 2. The Kier molecular flexibility index (Phi) is 4.39. The average Bonchev–Trinajstić information content (AvgIpc) is 3.54. The van der Waals surface area contributed by atoms with Crippen LogP contribution in [0.3, 0.4) is 0 Å². The molecule has 1 saturated carbocycles. The van der Waals surface area contributed by atoms with Crippen molar-refractivity contribution in [2.24, 2.45) is 13.0 Å². The van der Waals surface area contributed by atoms with Crippen molar-refractivity contribution in [2.75, 3.05) is 17.7 Å². The molecule has 0 aliphatic heterocycles. The van der Waals surface area contributed by atoms with Crippen LogP contribution in [0.25, 0.3) is 33.3 Å². The lowest BCUT2D eigenvalue weighted by Gasteiger charge is -2.11. The van der Waals surface area contributed by atoms with Gasteiger partial charge < -0.3 is 10.6 Å². The number of rotatable bonds is 5. The Hall–Kier alpha value is -3.81. The van der Waals surface area contributed by atoms with E-state index in [0.717, 1.165) is 40.6 Å². The molecule has 8 heteroatoms. The van der Waals surface area contributed by atoms with Crippen LogP contribution in [0.15, 0.2) is 48.8 Å². The fraction of sp³-hybridized carbons (Fsp3) is 0.227. The van der Waals surface area contributed by atoms with E-state index in [1.165, 1.54) is 0 Å². The molecule has 1 aliphatic rings. The maximum atomic E-state index is 12.2. The van der Waals surface area contributed by atoms with Crippen LogP contribution in [-0.4, -0.2) is 37.9 Å². The number of fused-ring (bicyclic) bond motifs is 1. The highest BCUT2D eigenvalue weighted by atomic mass is 16.2. The fourth-order valence-corrected chi connectivity index (χ4v) is 3.56. The summed E-state index contributed by atoms with van der Waals surface area (Å²) in [6, 6.07) is 12.1. The molecule has 30 heavy (non-hydrogen) atoms. The molecule has 0 atom stereocenters. The molecule has 1 amide bonds. The molecule has 3 heterocycles. The molecule has 5 rings (SSSR count). The van der Waals surface area contributed by atoms with Gasteiger partial charge in [0.25, 0.3) is 0 Å². The smallest absolute Gasteiger partial charge is 0.228 e. The van der Waals surface area contributed by atoms with Crippen molar-refractivity contribution in [1.82, 2.24) is 25.0 Å². The number of nitrogens with one attached hydrogen (secondary N) is 2. The zero-order valence-corrected chi connectivity index (χ0v) is 16.8. The van der Waals surface area contributed by atoms with E-state index < -0.39 is 0 Å². The number of nitrogens with zero attached hydrogens (tertiary/aromatic N) is 5. The number of benzene rings is 1. The molecule has 0 radical (unpaired) electrons. The van der Waals surface area contributed by atoms with Gasteiger partial charge in [0, 0.05) is 43.4 Å². The number of carbonyl (C=O) groups is 1. The molecule has 8 nitrogen and oxygen atoms in total. The number of hydrogen-bond donors (Lipinski definition) is 2. The Labute approximate surface area is 173 Å². The van der Waals surface area contributed by atoms with Crippen LogP contribution in [-0.2, 0) is 11.8 Å². The number of amides is 1. The molecule has 2 N–H and O–H groups in total. The van der Waals surface area contributed by atoms with Gasteiger partial charge in [0.05, 0.1) is 5.69 Å². The van der Waals surface area contributed by atoms with Crippen LogP contribution in [0, 0.1) is 5.92 Å². The first-order valence-electron chi connectivity index (χ1n) is 9.88. The van der Waals surface area contributed by atoms with Crippen LogP contribution >= 0.6 is 0 Å². The van der Waals surface area contributed by atoms with Gasteiger partial charge in [0.15, 0.2) is 11.6 Å². The quantitative estimate of drug-likeness (QED) is 0.533. The zero-order chi connectivity index (χ0) is 20.7. The first kappa shape index (κ1) is 18.2. The van der Waals surface area contributed by atoms with Crippen molar-refractivity contribution in [3.8, 4) is 22.4 Å². The minimum atomic E-state index is 0.00799. The molecular weight excluding hydrogens is 378 g/mol. The number of aromatic nitrogens is 5. The van der Waals surface area contributed by atoms with Crippen molar-refractivity contribution in [1.29, 1.82) is 0 Å².